The molecule has 0 amide bonds. The zero-order chi connectivity index (χ0) is 19.6. The van der Waals surface area contributed by atoms with Crippen LogP contribution in [0, 0.1) is 0 Å². The Bertz CT molecular complexity index is 990. The average molecular weight is 417 g/mol. The maximum atomic E-state index is 11.8. The number of aromatic carboxylic acids is 1. The van der Waals surface area contributed by atoms with Crippen LogP contribution in [0.3, 0.4) is 0 Å². The molecule has 1 unspecified atom stereocenters. The smallest absolute Gasteiger partial charge is 0.346 e. The van der Waals surface area contributed by atoms with Gasteiger partial charge in [0.15, 0.2) is 0 Å². The van der Waals surface area contributed by atoms with Crippen molar-refractivity contribution in [3.8, 4) is 10.4 Å². The van der Waals surface area contributed by atoms with Gasteiger partial charge in [0, 0.05) is 14.9 Å². The lowest BCUT2D eigenvalue weighted by atomic mass is 9.93. The number of hydrogen-bond donors (Lipinski definition) is 1. The van der Waals surface area contributed by atoms with Crippen molar-refractivity contribution in [2.45, 2.75) is 19.3 Å². The van der Waals surface area contributed by atoms with Gasteiger partial charge in [-0.25, -0.2) is 4.79 Å². The third-order valence-corrected chi connectivity index (χ3v) is 6.23. The summed E-state index contributed by atoms with van der Waals surface area (Å²) in [6.07, 6.45) is 2.37. The highest BCUT2D eigenvalue weighted by Gasteiger charge is 2.20. The molecule has 1 atom stereocenters. The van der Waals surface area contributed by atoms with Crippen LogP contribution in [0.1, 0.15) is 39.2 Å². The molecule has 2 aromatic carbocycles. The van der Waals surface area contributed by atoms with Crippen LogP contribution < -0.4 is 0 Å². The molecule has 0 aliphatic heterocycles. The maximum absolute atomic E-state index is 11.8. The standard InChI is InChI=1S/C22H18Cl2O2S/c1-3-14-4-6-15(7-5-14)20-11-16(21(27-20)22(25)26)10-13(2)18-9-8-17(23)12-19(18)24/h3-9,11-13H,1,10H2,2H3,(H,25,26). The zero-order valence-electron chi connectivity index (χ0n) is 14.7. The summed E-state index contributed by atoms with van der Waals surface area (Å²) in [6, 6.07) is 15.3. The van der Waals surface area contributed by atoms with E-state index in [1.54, 1.807) is 18.2 Å². The molecule has 5 heteroatoms. The van der Waals surface area contributed by atoms with E-state index in [9.17, 15) is 9.90 Å². The Labute approximate surface area is 172 Å². The molecule has 0 fully saturated rings. The predicted octanol–water partition coefficient (Wildman–Crippen LogP) is 7.41. The Hall–Kier alpha value is -2.07. The van der Waals surface area contributed by atoms with E-state index in [0.717, 1.165) is 27.1 Å². The Morgan fingerprint density at radius 3 is 2.48 bits per heavy atom. The van der Waals surface area contributed by atoms with Crippen molar-refractivity contribution in [1.29, 1.82) is 0 Å². The minimum absolute atomic E-state index is 0.0680. The Kier molecular flexibility index (Phi) is 6.05. The van der Waals surface area contributed by atoms with Gasteiger partial charge in [0.25, 0.3) is 0 Å². The number of halogens is 2. The lowest BCUT2D eigenvalue weighted by Crippen LogP contribution is -2.03. The van der Waals surface area contributed by atoms with Crippen LogP contribution in [0.25, 0.3) is 16.5 Å². The Morgan fingerprint density at radius 2 is 1.89 bits per heavy atom. The van der Waals surface area contributed by atoms with Crippen LogP contribution in [0.5, 0.6) is 0 Å². The van der Waals surface area contributed by atoms with Gasteiger partial charge in [0.2, 0.25) is 0 Å². The molecule has 0 radical (unpaired) electrons. The first-order chi connectivity index (χ1) is 12.9. The number of carboxylic acids is 1. The van der Waals surface area contributed by atoms with Gasteiger partial charge in [-0.1, -0.05) is 73.1 Å². The molecule has 0 spiro atoms. The highest BCUT2D eigenvalue weighted by molar-refractivity contribution is 7.17. The summed E-state index contributed by atoms with van der Waals surface area (Å²) in [5.41, 5.74) is 3.80. The van der Waals surface area contributed by atoms with Crippen molar-refractivity contribution in [3.05, 3.63) is 86.7 Å². The molecule has 3 aromatic rings. The average Bonchev–Trinajstić information content (AvgIpc) is 3.05. The molecule has 0 aliphatic carbocycles. The summed E-state index contributed by atoms with van der Waals surface area (Å²) in [7, 11) is 0. The highest BCUT2D eigenvalue weighted by Crippen LogP contribution is 2.36. The van der Waals surface area contributed by atoms with E-state index in [0.29, 0.717) is 21.3 Å². The third kappa shape index (κ3) is 4.44. The van der Waals surface area contributed by atoms with Crippen molar-refractivity contribution in [1.82, 2.24) is 0 Å². The summed E-state index contributed by atoms with van der Waals surface area (Å²) < 4.78 is 0. The zero-order valence-corrected chi connectivity index (χ0v) is 17.0. The SMILES string of the molecule is C=Cc1ccc(-c2cc(CC(C)c3ccc(Cl)cc3Cl)c(C(=O)O)s2)cc1. The second kappa shape index (κ2) is 8.30. The summed E-state index contributed by atoms with van der Waals surface area (Å²) in [6.45, 7) is 5.79. The van der Waals surface area contributed by atoms with E-state index in [-0.39, 0.29) is 5.92 Å². The van der Waals surface area contributed by atoms with Crippen LogP contribution >= 0.6 is 34.5 Å². The van der Waals surface area contributed by atoms with Crippen LogP contribution in [-0.4, -0.2) is 11.1 Å². The molecule has 0 saturated carbocycles. The normalized spacial score (nSPS) is 12.0. The number of benzene rings is 2. The van der Waals surface area contributed by atoms with Crippen molar-refractivity contribution in [2.75, 3.05) is 0 Å². The number of hydrogen-bond acceptors (Lipinski definition) is 2. The van der Waals surface area contributed by atoms with Gasteiger partial charge in [0.05, 0.1) is 0 Å². The van der Waals surface area contributed by atoms with Gasteiger partial charge in [-0.15, -0.1) is 11.3 Å². The molecule has 0 bridgehead atoms. The van der Waals surface area contributed by atoms with Gasteiger partial charge < -0.3 is 5.11 Å². The highest BCUT2D eigenvalue weighted by atomic mass is 35.5. The first-order valence-corrected chi connectivity index (χ1v) is 10.00. The Balaban J connectivity index is 1.93. The lowest BCUT2D eigenvalue weighted by Gasteiger charge is -2.13. The summed E-state index contributed by atoms with van der Waals surface area (Å²) in [5.74, 6) is -0.836. The lowest BCUT2D eigenvalue weighted by molar-refractivity contribution is 0.0701. The predicted molar refractivity (Wildman–Crippen MR) is 115 cm³/mol. The van der Waals surface area contributed by atoms with Gasteiger partial charge in [-0.2, -0.15) is 0 Å². The fourth-order valence-electron chi connectivity index (χ4n) is 3.03. The van der Waals surface area contributed by atoms with Crippen molar-refractivity contribution in [3.63, 3.8) is 0 Å². The number of carbonyl (C=O) groups is 1. The van der Waals surface area contributed by atoms with Gasteiger partial charge in [0.1, 0.15) is 4.88 Å². The summed E-state index contributed by atoms with van der Waals surface area (Å²) >= 11 is 13.6. The van der Waals surface area contributed by atoms with E-state index in [1.165, 1.54) is 11.3 Å². The largest absolute Gasteiger partial charge is 0.477 e. The molecule has 1 heterocycles. The van der Waals surface area contributed by atoms with E-state index in [4.69, 9.17) is 23.2 Å². The number of rotatable bonds is 6. The monoisotopic (exact) mass is 416 g/mol. The van der Waals surface area contributed by atoms with Crippen LogP contribution in [0.2, 0.25) is 10.0 Å². The van der Waals surface area contributed by atoms with Gasteiger partial charge >= 0.3 is 5.97 Å². The van der Waals surface area contributed by atoms with E-state index in [1.807, 2.05) is 43.3 Å². The van der Waals surface area contributed by atoms with Crippen molar-refractivity contribution < 1.29 is 9.90 Å². The van der Waals surface area contributed by atoms with Gasteiger partial charge in [-0.3, -0.25) is 0 Å². The minimum atomic E-state index is -0.904. The maximum Gasteiger partial charge on any atom is 0.346 e. The summed E-state index contributed by atoms with van der Waals surface area (Å²) in [5, 5.41) is 10.8. The van der Waals surface area contributed by atoms with Crippen LogP contribution in [0.4, 0.5) is 0 Å². The van der Waals surface area contributed by atoms with Crippen LogP contribution in [-0.2, 0) is 6.42 Å². The molecule has 3 rings (SSSR count). The third-order valence-electron chi connectivity index (χ3n) is 4.45. The molecule has 2 nitrogen and oxygen atoms in total. The van der Waals surface area contributed by atoms with Crippen molar-refractivity contribution in [2.24, 2.45) is 0 Å². The second-order valence-electron chi connectivity index (χ2n) is 6.37. The molecule has 1 N–H and O–H groups in total. The molecular formula is C22H18Cl2O2S. The first kappa shape index (κ1) is 19.7. The topological polar surface area (TPSA) is 37.3 Å². The molecule has 1 aromatic heterocycles. The Morgan fingerprint density at radius 1 is 1.19 bits per heavy atom. The summed E-state index contributed by atoms with van der Waals surface area (Å²) in [4.78, 5) is 13.1. The van der Waals surface area contributed by atoms with E-state index in [2.05, 4.69) is 6.58 Å². The molecule has 138 valence electrons. The molecule has 0 saturated heterocycles. The second-order valence-corrected chi connectivity index (χ2v) is 8.26. The molecular weight excluding hydrogens is 399 g/mol. The van der Waals surface area contributed by atoms with Crippen molar-refractivity contribution >= 4 is 46.6 Å². The minimum Gasteiger partial charge on any atom is -0.477 e. The fraction of sp³-hybridized carbons (Fsp3) is 0.136. The van der Waals surface area contributed by atoms with E-state index < -0.39 is 5.97 Å². The number of carboxylic acid groups (broad SMARTS) is 1. The molecule has 0 aliphatic rings. The van der Waals surface area contributed by atoms with Crippen LogP contribution in [0.15, 0.2) is 55.1 Å². The van der Waals surface area contributed by atoms with Gasteiger partial charge in [-0.05, 0) is 52.8 Å². The quantitative estimate of drug-likeness (QED) is 0.453. The number of thiophene rings is 1. The van der Waals surface area contributed by atoms with E-state index >= 15 is 0 Å². The first-order valence-electron chi connectivity index (χ1n) is 8.43. The fourth-order valence-corrected chi connectivity index (χ4v) is 4.66. The molecule has 27 heavy (non-hydrogen) atoms.